The zero-order valence-electron chi connectivity index (χ0n) is 18.9. The van der Waals surface area contributed by atoms with Crippen molar-refractivity contribution in [3.8, 4) is 11.5 Å². The molecule has 0 spiro atoms. The van der Waals surface area contributed by atoms with Gasteiger partial charge in [0, 0.05) is 63.4 Å². The molecule has 3 aromatic rings. The van der Waals surface area contributed by atoms with E-state index in [4.69, 9.17) is 4.42 Å². The van der Waals surface area contributed by atoms with E-state index < -0.39 is 0 Å². The first-order valence-corrected chi connectivity index (χ1v) is 11.3. The van der Waals surface area contributed by atoms with Crippen LogP contribution in [0.5, 0.6) is 0 Å². The van der Waals surface area contributed by atoms with Crippen LogP contribution in [0.2, 0.25) is 0 Å². The quantitative estimate of drug-likeness (QED) is 0.588. The number of aromatic nitrogens is 2. The van der Waals surface area contributed by atoms with Gasteiger partial charge in [-0.25, -0.2) is 0 Å². The summed E-state index contributed by atoms with van der Waals surface area (Å²) in [5, 5.41) is 11.2. The van der Waals surface area contributed by atoms with E-state index in [1.165, 1.54) is 16.8 Å². The molecule has 168 valence electrons. The molecule has 0 saturated carbocycles. The Morgan fingerprint density at radius 3 is 2.53 bits per heavy atom. The highest BCUT2D eigenvalue weighted by molar-refractivity contribution is 5.76. The van der Waals surface area contributed by atoms with Crippen LogP contribution in [0, 0.1) is 13.8 Å². The van der Waals surface area contributed by atoms with Gasteiger partial charge in [0.05, 0.1) is 0 Å². The van der Waals surface area contributed by atoms with Crippen LogP contribution >= 0.6 is 0 Å². The highest BCUT2D eigenvalue weighted by Gasteiger charge is 2.17. The molecule has 2 heterocycles. The van der Waals surface area contributed by atoms with Crippen molar-refractivity contribution in [3.05, 3.63) is 65.5 Å². The fraction of sp³-hybridized carbons (Fsp3) is 0.400. The number of carbonyl (C=O) groups is 1. The smallest absolute Gasteiger partial charge is 0.247 e. The molecule has 1 N–H and O–H groups in total. The summed E-state index contributed by atoms with van der Waals surface area (Å²) in [5.41, 5.74) is 4.66. The Morgan fingerprint density at radius 1 is 1.00 bits per heavy atom. The monoisotopic (exact) mass is 433 g/mol. The van der Waals surface area contributed by atoms with Gasteiger partial charge in [-0.1, -0.05) is 29.8 Å². The Hall–Kier alpha value is -3.19. The summed E-state index contributed by atoms with van der Waals surface area (Å²) in [6.07, 6.45) is 0.788. The minimum absolute atomic E-state index is 0.0125. The summed E-state index contributed by atoms with van der Waals surface area (Å²) in [4.78, 5) is 17.0. The van der Waals surface area contributed by atoms with Crippen LogP contribution in [0.4, 0.5) is 5.69 Å². The van der Waals surface area contributed by atoms with Gasteiger partial charge >= 0.3 is 0 Å². The zero-order valence-corrected chi connectivity index (χ0v) is 18.9. The number of aryl methyl sites for hydroxylation is 3. The first-order chi connectivity index (χ1) is 15.6. The lowest BCUT2D eigenvalue weighted by Crippen LogP contribution is -2.48. The maximum atomic E-state index is 12.2. The van der Waals surface area contributed by atoms with E-state index in [2.05, 4.69) is 56.5 Å². The van der Waals surface area contributed by atoms with Gasteiger partial charge < -0.3 is 14.6 Å². The van der Waals surface area contributed by atoms with E-state index in [9.17, 15) is 4.79 Å². The number of carbonyl (C=O) groups excluding carboxylic acids is 1. The molecule has 0 bridgehead atoms. The van der Waals surface area contributed by atoms with Gasteiger partial charge in [-0.2, -0.15) is 0 Å². The zero-order chi connectivity index (χ0) is 22.3. The molecule has 0 unspecified atom stereocenters. The number of nitrogens with one attached hydrogen (secondary N) is 1. The van der Waals surface area contributed by atoms with Crippen molar-refractivity contribution < 1.29 is 9.21 Å². The Labute approximate surface area is 189 Å². The van der Waals surface area contributed by atoms with E-state index >= 15 is 0 Å². The van der Waals surface area contributed by atoms with Crippen molar-refractivity contribution in [2.24, 2.45) is 0 Å². The Morgan fingerprint density at radius 2 is 1.78 bits per heavy atom. The predicted molar refractivity (Wildman–Crippen MR) is 126 cm³/mol. The largest absolute Gasteiger partial charge is 0.421 e. The number of rotatable bonds is 8. The average Bonchev–Trinajstić information content (AvgIpc) is 3.28. The molecule has 1 amide bonds. The molecule has 32 heavy (non-hydrogen) atoms. The Bertz CT molecular complexity index is 1020. The molecule has 7 nitrogen and oxygen atoms in total. The van der Waals surface area contributed by atoms with Gasteiger partial charge in [0.2, 0.25) is 17.7 Å². The fourth-order valence-corrected chi connectivity index (χ4v) is 3.88. The van der Waals surface area contributed by atoms with Gasteiger partial charge in [0.1, 0.15) is 0 Å². The molecule has 0 radical (unpaired) electrons. The van der Waals surface area contributed by atoms with Crippen molar-refractivity contribution in [3.63, 3.8) is 0 Å². The van der Waals surface area contributed by atoms with Crippen molar-refractivity contribution in [1.82, 2.24) is 20.4 Å². The van der Waals surface area contributed by atoms with Crippen LogP contribution in [-0.2, 0) is 11.2 Å². The van der Waals surface area contributed by atoms with Gasteiger partial charge in [0.25, 0.3) is 0 Å². The minimum Gasteiger partial charge on any atom is -0.421 e. The lowest BCUT2D eigenvalue weighted by atomic mass is 10.1. The van der Waals surface area contributed by atoms with Crippen LogP contribution in [0.3, 0.4) is 0 Å². The molecule has 1 aliphatic heterocycles. The molecule has 1 saturated heterocycles. The van der Waals surface area contributed by atoms with Crippen LogP contribution < -0.4 is 10.2 Å². The lowest BCUT2D eigenvalue weighted by molar-refractivity contribution is -0.121. The second-order valence-electron chi connectivity index (χ2n) is 8.38. The first kappa shape index (κ1) is 22.0. The van der Waals surface area contributed by atoms with Gasteiger partial charge in [0.15, 0.2) is 0 Å². The van der Waals surface area contributed by atoms with E-state index in [1.807, 2.05) is 31.2 Å². The second-order valence-corrected chi connectivity index (χ2v) is 8.38. The van der Waals surface area contributed by atoms with E-state index in [0.717, 1.165) is 38.3 Å². The van der Waals surface area contributed by atoms with Crippen LogP contribution in [0.25, 0.3) is 11.5 Å². The number of anilines is 1. The van der Waals surface area contributed by atoms with Gasteiger partial charge in [-0.05, 0) is 43.7 Å². The second kappa shape index (κ2) is 10.4. The predicted octanol–water partition coefficient (Wildman–Crippen LogP) is 3.22. The van der Waals surface area contributed by atoms with Crippen molar-refractivity contribution in [1.29, 1.82) is 0 Å². The summed E-state index contributed by atoms with van der Waals surface area (Å²) >= 11 is 0. The standard InChI is InChI=1S/C25H31N5O2/c1-19-6-8-21(9-7-19)25-28-27-24(32-25)11-10-23(31)26-12-13-29-14-16-30(17-15-29)22-5-3-4-20(2)18-22/h3-9,18H,10-17H2,1-2H3,(H,26,31). The summed E-state index contributed by atoms with van der Waals surface area (Å²) in [6, 6.07) is 16.6. The van der Waals surface area contributed by atoms with E-state index in [-0.39, 0.29) is 5.91 Å². The van der Waals surface area contributed by atoms with Crippen molar-refractivity contribution >= 4 is 11.6 Å². The fourth-order valence-electron chi connectivity index (χ4n) is 3.88. The van der Waals surface area contributed by atoms with E-state index in [0.29, 0.717) is 31.2 Å². The molecule has 1 aromatic heterocycles. The summed E-state index contributed by atoms with van der Waals surface area (Å²) in [7, 11) is 0. The first-order valence-electron chi connectivity index (χ1n) is 11.3. The summed E-state index contributed by atoms with van der Waals surface area (Å²) in [5.74, 6) is 0.992. The highest BCUT2D eigenvalue weighted by atomic mass is 16.4. The Kier molecular flexibility index (Phi) is 7.17. The molecule has 1 aliphatic rings. The maximum absolute atomic E-state index is 12.2. The van der Waals surface area contributed by atoms with Crippen molar-refractivity contribution in [2.45, 2.75) is 26.7 Å². The summed E-state index contributed by atoms with van der Waals surface area (Å²) in [6.45, 7) is 9.72. The molecule has 1 fully saturated rings. The SMILES string of the molecule is Cc1ccc(-c2nnc(CCC(=O)NCCN3CCN(c4cccc(C)c4)CC3)o2)cc1. The number of benzene rings is 2. The molecule has 4 rings (SSSR count). The highest BCUT2D eigenvalue weighted by Crippen LogP contribution is 2.19. The molecule has 0 aliphatic carbocycles. The Balaban J connectivity index is 1.14. The number of hydrogen-bond donors (Lipinski definition) is 1. The average molecular weight is 434 g/mol. The van der Waals surface area contributed by atoms with E-state index in [1.54, 1.807) is 0 Å². The normalized spacial score (nSPS) is 14.5. The van der Waals surface area contributed by atoms with Gasteiger partial charge in [-0.3, -0.25) is 9.69 Å². The number of piperazine rings is 1. The van der Waals surface area contributed by atoms with Gasteiger partial charge in [-0.15, -0.1) is 10.2 Å². The van der Waals surface area contributed by atoms with Crippen LogP contribution in [0.1, 0.15) is 23.4 Å². The molecule has 0 atom stereocenters. The molecular weight excluding hydrogens is 402 g/mol. The third kappa shape index (κ3) is 5.95. The van der Waals surface area contributed by atoms with Crippen molar-refractivity contribution in [2.75, 3.05) is 44.2 Å². The molecule has 2 aromatic carbocycles. The van der Waals surface area contributed by atoms with Crippen LogP contribution in [0.15, 0.2) is 52.9 Å². The summed E-state index contributed by atoms with van der Waals surface area (Å²) < 4.78 is 5.70. The number of nitrogens with zero attached hydrogens (tertiary/aromatic N) is 4. The maximum Gasteiger partial charge on any atom is 0.247 e. The van der Waals surface area contributed by atoms with Crippen LogP contribution in [-0.4, -0.2) is 60.3 Å². The number of hydrogen-bond acceptors (Lipinski definition) is 6. The minimum atomic E-state index is 0.0125. The third-order valence-corrected chi connectivity index (χ3v) is 5.82. The molecular formula is C25H31N5O2. The topological polar surface area (TPSA) is 74.5 Å². The third-order valence-electron chi connectivity index (χ3n) is 5.82. The number of amides is 1. The molecule has 7 heteroatoms. The lowest BCUT2D eigenvalue weighted by Gasteiger charge is -2.36.